The van der Waals surface area contributed by atoms with E-state index in [9.17, 15) is 9.59 Å². The predicted octanol–water partition coefficient (Wildman–Crippen LogP) is 2.20. The Morgan fingerprint density at radius 2 is 2.32 bits per heavy atom. The van der Waals surface area contributed by atoms with Crippen molar-refractivity contribution in [1.29, 1.82) is 0 Å². The zero-order chi connectivity index (χ0) is 13.4. The van der Waals surface area contributed by atoms with Crippen LogP contribution in [0.4, 0.5) is 10.8 Å². The van der Waals surface area contributed by atoms with Gasteiger partial charge >= 0.3 is 0 Å². The Bertz CT molecular complexity index is 678. The van der Waals surface area contributed by atoms with Gasteiger partial charge in [0.15, 0.2) is 5.13 Å². The van der Waals surface area contributed by atoms with Crippen LogP contribution < -0.4 is 10.6 Å². The Balaban J connectivity index is 1.81. The van der Waals surface area contributed by atoms with Crippen LogP contribution in [0.15, 0.2) is 23.6 Å². The lowest BCUT2D eigenvalue weighted by molar-refractivity contribution is -0.115. The molecule has 2 N–H and O–H groups in total. The van der Waals surface area contributed by atoms with E-state index in [-0.39, 0.29) is 11.8 Å². The summed E-state index contributed by atoms with van der Waals surface area (Å²) in [5.74, 6) is -0.263. The number of amides is 2. The highest BCUT2D eigenvalue weighted by molar-refractivity contribution is 7.13. The molecule has 96 valence electrons. The van der Waals surface area contributed by atoms with Gasteiger partial charge in [0.25, 0.3) is 5.91 Å². The standard InChI is InChI=1S/C13H11N3O2S/c1-7-6-19-13(14-7)16-12(18)9-3-2-8-5-11(17)15-10(8)4-9/h2-4,6H,5H2,1H3,(H,15,17)(H,14,16,18). The molecule has 1 aliphatic rings. The molecular weight excluding hydrogens is 262 g/mol. The minimum atomic E-state index is -0.224. The van der Waals surface area contributed by atoms with E-state index in [1.807, 2.05) is 12.3 Å². The maximum absolute atomic E-state index is 12.0. The number of nitrogens with zero attached hydrogens (tertiary/aromatic N) is 1. The zero-order valence-electron chi connectivity index (χ0n) is 10.2. The van der Waals surface area contributed by atoms with E-state index in [1.165, 1.54) is 11.3 Å². The van der Waals surface area contributed by atoms with E-state index in [2.05, 4.69) is 15.6 Å². The van der Waals surface area contributed by atoms with Crippen LogP contribution in [0, 0.1) is 6.92 Å². The molecule has 0 aliphatic carbocycles. The van der Waals surface area contributed by atoms with Gasteiger partial charge in [-0.2, -0.15) is 0 Å². The van der Waals surface area contributed by atoms with Crippen LogP contribution in [0.5, 0.6) is 0 Å². The number of aromatic nitrogens is 1. The highest BCUT2D eigenvalue weighted by Crippen LogP contribution is 2.24. The number of carbonyl (C=O) groups excluding carboxylic acids is 2. The number of aryl methyl sites for hydroxylation is 1. The van der Waals surface area contributed by atoms with Crippen molar-refractivity contribution in [3.05, 3.63) is 40.4 Å². The second kappa shape index (κ2) is 4.47. The number of hydrogen-bond acceptors (Lipinski definition) is 4. The average molecular weight is 273 g/mol. The van der Waals surface area contributed by atoms with Crippen molar-refractivity contribution in [3.8, 4) is 0 Å². The highest BCUT2D eigenvalue weighted by Gasteiger charge is 2.19. The number of anilines is 2. The quantitative estimate of drug-likeness (QED) is 0.881. The van der Waals surface area contributed by atoms with Gasteiger partial charge in [0, 0.05) is 16.6 Å². The Hall–Kier alpha value is -2.21. The molecule has 5 nitrogen and oxygen atoms in total. The first-order chi connectivity index (χ1) is 9.11. The van der Waals surface area contributed by atoms with Crippen LogP contribution in [0.1, 0.15) is 21.6 Å². The summed E-state index contributed by atoms with van der Waals surface area (Å²) >= 11 is 1.39. The second-order valence-electron chi connectivity index (χ2n) is 4.35. The molecule has 1 aliphatic heterocycles. The molecule has 2 heterocycles. The van der Waals surface area contributed by atoms with Crippen molar-refractivity contribution >= 4 is 34.0 Å². The third-order valence-electron chi connectivity index (χ3n) is 2.84. The molecule has 2 aromatic rings. The van der Waals surface area contributed by atoms with E-state index in [0.717, 1.165) is 11.3 Å². The first-order valence-corrected chi connectivity index (χ1v) is 6.66. The van der Waals surface area contributed by atoms with Crippen LogP contribution in [0.2, 0.25) is 0 Å². The Labute approximate surface area is 113 Å². The summed E-state index contributed by atoms with van der Waals surface area (Å²) in [6, 6.07) is 5.21. The Morgan fingerprint density at radius 1 is 1.47 bits per heavy atom. The van der Waals surface area contributed by atoms with Crippen LogP contribution in [-0.4, -0.2) is 16.8 Å². The summed E-state index contributed by atoms with van der Waals surface area (Å²) in [4.78, 5) is 27.5. The molecule has 0 spiro atoms. The van der Waals surface area contributed by atoms with Gasteiger partial charge in [-0.3, -0.25) is 14.9 Å². The molecular formula is C13H11N3O2S. The predicted molar refractivity (Wildman–Crippen MR) is 73.6 cm³/mol. The van der Waals surface area contributed by atoms with E-state index >= 15 is 0 Å². The molecule has 0 unspecified atom stereocenters. The van der Waals surface area contributed by atoms with Crippen LogP contribution >= 0.6 is 11.3 Å². The number of rotatable bonds is 2. The summed E-state index contributed by atoms with van der Waals surface area (Å²) in [6.45, 7) is 1.87. The average Bonchev–Trinajstić information content (AvgIpc) is 2.93. The minimum absolute atomic E-state index is 0.0388. The second-order valence-corrected chi connectivity index (χ2v) is 5.20. The number of thiazole rings is 1. The summed E-state index contributed by atoms with van der Waals surface area (Å²) < 4.78 is 0. The number of nitrogens with one attached hydrogen (secondary N) is 2. The smallest absolute Gasteiger partial charge is 0.257 e. The van der Waals surface area contributed by atoms with Crippen molar-refractivity contribution in [3.63, 3.8) is 0 Å². The third kappa shape index (κ3) is 2.34. The maximum Gasteiger partial charge on any atom is 0.257 e. The lowest BCUT2D eigenvalue weighted by Crippen LogP contribution is -2.12. The first-order valence-electron chi connectivity index (χ1n) is 5.78. The molecule has 3 rings (SSSR count). The molecule has 0 radical (unpaired) electrons. The summed E-state index contributed by atoms with van der Waals surface area (Å²) in [5.41, 5.74) is 3.02. The summed E-state index contributed by atoms with van der Waals surface area (Å²) in [6.07, 6.45) is 0.378. The van der Waals surface area contributed by atoms with Gasteiger partial charge in [0.2, 0.25) is 5.91 Å². The molecule has 19 heavy (non-hydrogen) atoms. The molecule has 1 aromatic heterocycles. The minimum Gasteiger partial charge on any atom is -0.326 e. The van der Waals surface area contributed by atoms with Gasteiger partial charge in [-0.15, -0.1) is 11.3 Å². The lowest BCUT2D eigenvalue weighted by atomic mass is 10.1. The van der Waals surface area contributed by atoms with Crippen molar-refractivity contribution in [1.82, 2.24) is 4.98 Å². The molecule has 2 amide bonds. The SMILES string of the molecule is Cc1csc(NC(=O)c2ccc3c(c2)NC(=O)C3)n1. The highest BCUT2D eigenvalue weighted by atomic mass is 32.1. The van der Waals surface area contributed by atoms with Crippen molar-refractivity contribution in [2.24, 2.45) is 0 Å². The number of carbonyl (C=O) groups is 2. The lowest BCUT2D eigenvalue weighted by Gasteiger charge is -2.04. The molecule has 6 heteroatoms. The van der Waals surface area contributed by atoms with Crippen molar-refractivity contribution in [2.75, 3.05) is 10.6 Å². The molecule has 0 saturated carbocycles. The topological polar surface area (TPSA) is 71.1 Å². The number of fused-ring (bicyclic) bond motifs is 1. The summed E-state index contributed by atoms with van der Waals surface area (Å²) in [5, 5.41) is 7.92. The Kier molecular flexibility index (Phi) is 2.79. The maximum atomic E-state index is 12.0. The van der Waals surface area contributed by atoms with Crippen molar-refractivity contribution in [2.45, 2.75) is 13.3 Å². The van der Waals surface area contributed by atoms with Crippen LogP contribution in [0.3, 0.4) is 0 Å². The van der Waals surface area contributed by atoms with Crippen LogP contribution in [-0.2, 0) is 11.2 Å². The van der Waals surface area contributed by atoms with E-state index in [1.54, 1.807) is 18.2 Å². The first kappa shape index (κ1) is 11.9. The molecule has 0 saturated heterocycles. The van der Waals surface area contributed by atoms with Gasteiger partial charge < -0.3 is 5.32 Å². The third-order valence-corrected chi connectivity index (χ3v) is 3.71. The number of benzene rings is 1. The fourth-order valence-electron chi connectivity index (χ4n) is 1.94. The molecule has 0 atom stereocenters. The van der Waals surface area contributed by atoms with Gasteiger partial charge in [0.05, 0.1) is 12.1 Å². The van der Waals surface area contributed by atoms with Crippen LogP contribution in [0.25, 0.3) is 0 Å². The molecule has 0 fully saturated rings. The monoisotopic (exact) mass is 273 g/mol. The van der Waals surface area contributed by atoms with Gasteiger partial charge in [-0.25, -0.2) is 4.98 Å². The fourth-order valence-corrected chi connectivity index (χ4v) is 2.62. The van der Waals surface area contributed by atoms with E-state index in [4.69, 9.17) is 0 Å². The molecule has 1 aromatic carbocycles. The fraction of sp³-hybridized carbons (Fsp3) is 0.154. The summed E-state index contributed by atoms with van der Waals surface area (Å²) in [7, 11) is 0. The largest absolute Gasteiger partial charge is 0.326 e. The normalized spacial score (nSPS) is 13.0. The zero-order valence-corrected chi connectivity index (χ0v) is 11.0. The number of hydrogen-bond donors (Lipinski definition) is 2. The van der Waals surface area contributed by atoms with Gasteiger partial charge in [-0.1, -0.05) is 6.07 Å². The van der Waals surface area contributed by atoms with E-state index < -0.39 is 0 Å². The van der Waals surface area contributed by atoms with E-state index in [0.29, 0.717) is 22.8 Å². The van der Waals surface area contributed by atoms with Gasteiger partial charge in [0.1, 0.15) is 0 Å². The van der Waals surface area contributed by atoms with Gasteiger partial charge in [-0.05, 0) is 24.6 Å². The van der Waals surface area contributed by atoms with Crippen molar-refractivity contribution < 1.29 is 9.59 Å². The Morgan fingerprint density at radius 3 is 3.05 bits per heavy atom. The molecule has 0 bridgehead atoms.